The van der Waals surface area contributed by atoms with E-state index in [2.05, 4.69) is 29.1 Å². The summed E-state index contributed by atoms with van der Waals surface area (Å²) in [6.45, 7) is 6.23. The lowest BCUT2D eigenvalue weighted by Gasteiger charge is -2.08. The van der Waals surface area contributed by atoms with Crippen LogP contribution in [-0.4, -0.2) is 38.9 Å². The highest BCUT2D eigenvalue weighted by molar-refractivity contribution is 5.83. The lowest BCUT2D eigenvalue weighted by atomic mass is 10.1. The van der Waals surface area contributed by atoms with Gasteiger partial charge in [0.25, 0.3) is 6.01 Å². The van der Waals surface area contributed by atoms with Crippen molar-refractivity contribution < 1.29 is 4.42 Å². The van der Waals surface area contributed by atoms with Crippen LogP contribution in [0.2, 0.25) is 0 Å². The number of hydrogen-bond donors (Lipinski definition) is 1. The van der Waals surface area contributed by atoms with E-state index in [1.54, 1.807) is 16.9 Å². The molecule has 10 nitrogen and oxygen atoms in total. The van der Waals surface area contributed by atoms with Crippen molar-refractivity contribution >= 4 is 17.3 Å². The Hall–Kier alpha value is -3.95. The van der Waals surface area contributed by atoms with Gasteiger partial charge in [-0.1, -0.05) is 0 Å². The van der Waals surface area contributed by atoms with Crippen LogP contribution in [0, 0.1) is 6.92 Å². The van der Waals surface area contributed by atoms with Crippen LogP contribution in [0.25, 0.3) is 28.4 Å². The molecule has 0 atom stereocenters. The van der Waals surface area contributed by atoms with Gasteiger partial charge in [0.15, 0.2) is 11.6 Å². The van der Waals surface area contributed by atoms with Crippen molar-refractivity contribution in [1.29, 1.82) is 0 Å². The molecule has 5 aromatic rings. The van der Waals surface area contributed by atoms with Gasteiger partial charge in [-0.05, 0) is 32.4 Å². The maximum absolute atomic E-state index is 5.37. The highest BCUT2D eigenvalue weighted by Gasteiger charge is 2.20. The van der Waals surface area contributed by atoms with Crippen LogP contribution in [0.3, 0.4) is 0 Å². The van der Waals surface area contributed by atoms with Gasteiger partial charge in [-0.25, -0.2) is 19.5 Å². The molecule has 0 aliphatic carbocycles. The van der Waals surface area contributed by atoms with Gasteiger partial charge in [0, 0.05) is 43.4 Å². The molecule has 0 amide bonds. The van der Waals surface area contributed by atoms with E-state index >= 15 is 0 Å². The first-order chi connectivity index (χ1) is 14.5. The van der Waals surface area contributed by atoms with Crippen molar-refractivity contribution in [2.45, 2.75) is 26.8 Å². The fraction of sp³-hybridized carbons (Fsp3) is 0.250. The molecule has 0 saturated heterocycles. The third-order valence-corrected chi connectivity index (χ3v) is 4.98. The van der Waals surface area contributed by atoms with Crippen molar-refractivity contribution in [2.75, 3.05) is 5.32 Å². The van der Waals surface area contributed by atoms with Crippen molar-refractivity contribution in [3.05, 3.63) is 48.9 Å². The van der Waals surface area contributed by atoms with Gasteiger partial charge in [0.05, 0.1) is 11.9 Å². The number of imidazole rings is 1. The zero-order valence-electron chi connectivity index (χ0n) is 17.1. The fourth-order valence-corrected chi connectivity index (χ4v) is 3.41. The number of aromatic nitrogens is 8. The second kappa shape index (κ2) is 6.83. The highest BCUT2D eigenvalue weighted by Crippen LogP contribution is 2.32. The van der Waals surface area contributed by atoms with Crippen LogP contribution >= 0.6 is 0 Å². The third-order valence-electron chi connectivity index (χ3n) is 4.98. The second-order valence-electron chi connectivity index (χ2n) is 7.34. The summed E-state index contributed by atoms with van der Waals surface area (Å²) >= 11 is 0. The van der Waals surface area contributed by atoms with E-state index in [4.69, 9.17) is 19.6 Å². The zero-order chi connectivity index (χ0) is 20.8. The summed E-state index contributed by atoms with van der Waals surface area (Å²) in [5, 5.41) is 12.6. The Labute approximate surface area is 172 Å². The predicted octanol–water partition coefficient (Wildman–Crippen LogP) is 3.61. The molecule has 10 heteroatoms. The molecule has 0 radical (unpaired) electrons. The van der Waals surface area contributed by atoms with Crippen molar-refractivity contribution in [2.24, 2.45) is 7.05 Å². The van der Waals surface area contributed by atoms with Gasteiger partial charge in [-0.15, -0.1) is 5.10 Å². The molecule has 0 unspecified atom stereocenters. The number of aryl methyl sites for hydroxylation is 2. The summed E-state index contributed by atoms with van der Waals surface area (Å²) in [7, 11) is 1.90. The molecule has 30 heavy (non-hydrogen) atoms. The van der Waals surface area contributed by atoms with Crippen molar-refractivity contribution in [3.63, 3.8) is 0 Å². The Morgan fingerprint density at radius 1 is 1.10 bits per heavy atom. The van der Waals surface area contributed by atoms with Crippen LogP contribution in [0.5, 0.6) is 0 Å². The van der Waals surface area contributed by atoms with Gasteiger partial charge in [0.1, 0.15) is 11.8 Å². The smallest absolute Gasteiger partial charge is 0.300 e. The molecule has 0 aliphatic rings. The lowest BCUT2D eigenvalue weighted by Crippen LogP contribution is -2.06. The van der Waals surface area contributed by atoms with Crippen LogP contribution in [0.1, 0.15) is 25.5 Å². The average molecular weight is 403 g/mol. The van der Waals surface area contributed by atoms with Gasteiger partial charge in [0.2, 0.25) is 5.82 Å². The lowest BCUT2D eigenvalue weighted by molar-refractivity contribution is 0.534. The van der Waals surface area contributed by atoms with Crippen LogP contribution in [0.15, 0.2) is 47.7 Å². The number of rotatable bonds is 5. The fourth-order valence-electron chi connectivity index (χ4n) is 3.41. The minimum absolute atomic E-state index is 0.285. The van der Waals surface area contributed by atoms with E-state index in [0.717, 1.165) is 22.3 Å². The van der Waals surface area contributed by atoms with Crippen molar-refractivity contribution in [1.82, 2.24) is 38.9 Å². The second-order valence-corrected chi connectivity index (χ2v) is 7.34. The molecule has 0 spiro atoms. The molecule has 152 valence electrons. The summed E-state index contributed by atoms with van der Waals surface area (Å²) < 4.78 is 11.0. The molecule has 5 rings (SSSR count). The quantitative estimate of drug-likeness (QED) is 0.478. The number of nitrogens with zero attached hydrogens (tertiary/aromatic N) is 8. The van der Waals surface area contributed by atoms with Gasteiger partial charge in [-0.2, -0.15) is 5.10 Å². The monoisotopic (exact) mass is 403 g/mol. The van der Waals surface area contributed by atoms with Crippen LogP contribution in [-0.2, 0) is 7.05 Å². The first-order valence-corrected chi connectivity index (χ1v) is 9.61. The summed E-state index contributed by atoms with van der Waals surface area (Å²) in [5.41, 5.74) is 3.69. The minimum atomic E-state index is 0.285. The number of fused-ring (bicyclic) bond motifs is 1. The molecule has 0 aromatic carbocycles. The Balaban J connectivity index is 1.71. The number of oxazole rings is 1. The van der Waals surface area contributed by atoms with E-state index in [1.807, 2.05) is 47.9 Å². The molecule has 5 heterocycles. The van der Waals surface area contributed by atoms with E-state index in [1.165, 1.54) is 6.26 Å². The zero-order valence-corrected chi connectivity index (χ0v) is 17.1. The number of anilines is 2. The normalized spacial score (nSPS) is 11.6. The Morgan fingerprint density at radius 2 is 1.97 bits per heavy atom. The highest BCUT2D eigenvalue weighted by atomic mass is 16.4. The van der Waals surface area contributed by atoms with E-state index < -0.39 is 0 Å². The molecule has 5 aromatic heterocycles. The predicted molar refractivity (Wildman–Crippen MR) is 111 cm³/mol. The first kappa shape index (κ1) is 18.1. The van der Waals surface area contributed by atoms with E-state index in [0.29, 0.717) is 23.5 Å². The SMILES string of the molecule is Cc1c(-c2ccn(C(C)C)n2)cn2nc(-c3nccn3C)nc(Nc3ncco3)c12. The molecule has 0 saturated carbocycles. The summed E-state index contributed by atoms with van der Waals surface area (Å²) in [6, 6.07) is 2.65. The molecular formula is C20H21N9O. The number of hydrogen-bond acceptors (Lipinski definition) is 7. The summed E-state index contributed by atoms with van der Waals surface area (Å²) in [6.07, 6.45) is 10.6. The minimum Gasteiger partial charge on any atom is -0.432 e. The Morgan fingerprint density at radius 3 is 2.63 bits per heavy atom. The number of nitrogens with one attached hydrogen (secondary N) is 1. The van der Waals surface area contributed by atoms with Crippen LogP contribution in [0.4, 0.5) is 11.8 Å². The summed E-state index contributed by atoms with van der Waals surface area (Å²) in [4.78, 5) is 13.3. The molecule has 1 N–H and O–H groups in total. The topological polar surface area (TPSA) is 104 Å². The van der Waals surface area contributed by atoms with Crippen LogP contribution < -0.4 is 5.32 Å². The average Bonchev–Trinajstić information content (AvgIpc) is 3.48. The standard InChI is InChI=1S/C20H21N9O/c1-12(2)28-8-5-15(25-28)14-11-29-16(13(14)3)17(24-20-22-7-10-30-20)23-18(26-29)19-21-6-9-27(19)4/h5-12H,1-4H3,(H,22,23,24,26). The van der Waals surface area contributed by atoms with Gasteiger partial charge < -0.3 is 8.98 Å². The Bertz CT molecular complexity index is 1320. The maximum Gasteiger partial charge on any atom is 0.300 e. The molecule has 0 aliphatic heterocycles. The largest absolute Gasteiger partial charge is 0.432 e. The molecular weight excluding hydrogens is 382 g/mol. The van der Waals surface area contributed by atoms with E-state index in [-0.39, 0.29) is 6.04 Å². The van der Waals surface area contributed by atoms with Crippen molar-refractivity contribution in [3.8, 4) is 22.9 Å². The molecule has 0 bridgehead atoms. The summed E-state index contributed by atoms with van der Waals surface area (Å²) in [5.74, 6) is 1.72. The van der Waals surface area contributed by atoms with E-state index in [9.17, 15) is 0 Å². The van der Waals surface area contributed by atoms with Gasteiger partial charge in [-0.3, -0.25) is 10.00 Å². The Kier molecular flexibility index (Phi) is 4.12. The van der Waals surface area contributed by atoms with Gasteiger partial charge >= 0.3 is 0 Å². The molecule has 0 fully saturated rings. The third kappa shape index (κ3) is 2.93. The maximum atomic E-state index is 5.37. The first-order valence-electron chi connectivity index (χ1n) is 9.61.